The lowest BCUT2D eigenvalue weighted by Crippen LogP contribution is -1.96. The van der Waals surface area contributed by atoms with Crippen LogP contribution in [0.4, 0.5) is 11.7 Å². The molecule has 1 aromatic heterocycles. The maximum absolute atomic E-state index is 6.12. The average Bonchev–Trinajstić information content (AvgIpc) is 3.12. The van der Waals surface area contributed by atoms with E-state index in [-0.39, 0.29) is 6.01 Å². The lowest BCUT2D eigenvalue weighted by atomic mass is 10.2. The zero-order valence-corrected chi connectivity index (χ0v) is 15.5. The highest BCUT2D eigenvalue weighted by Crippen LogP contribution is 2.34. The number of ether oxygens (including phenoxy) is 3. The summed E-state index contributed by atoms with van der Waals surface area (Å²) in [6, 6.07) is 9.19. The minimum absolute atomic E-state index is 0.231. The summed E-state index contributed by atoms with van der Waals surface area (Å²) in [5.74, 6) is 2.20. The molecular formula is C18H18ClN3O4. The Morgan fingerprint density at radius 3 is 2.38 bits per heavy atom. The van der Waals surface area contributed by atoms with Crippen LogP contribution in [-0.2, 0) is 0 Å². The van der Waals surface area contributed by atoms with Crippen LogP contribution in [-0.4, -0.2) is 31.5 Å². The van der Waals surface area contributed by atoms with Crippen molar-refractivity contribution < 1.29 is 18.7 Å². The van der Waals surface area contributed by atoms with E-state index in [0.29, 0.717) is 33.8 Å². The van der Waals surface area contributed by atoms with E-state index in [2.05, 4.69) is 15.5 Å². The third-order valence-electron chi connectivity index (χ3n) is 3.79. The smallest absolute Gasteiger partial charge is 0.326 e. The third-order valence-corrected chi connectivity index (χ3v) is 4.20. The summed E-state index contributed by atoms with van der Waals surface area (Å²) in [4.78, 5) is 4.36. The third kappa shape index (κ3) is 3.52. The van der Waals surface area contributed by atoms with Gasteiger partial charge in [-0.05, 0) is 36.8 Å². The fourth-order valence-corrected chi connectivity index (χ4v) is 2.57. The van der Waals surface area contributed by atoms with Gasteiger partial charge in [0.05, 0.1) is 27.0 Å². The van der Waals surface area contributed by atoms with E-state index >= 15 is 0 Å². The van der Waals surface area contributed by atoms with Crippen molar-refractivity contribution in [2.24, 2.45) is 0 Å². The zero-order valence-electron chi connectivity index (χ0n) is 14.8. The number of nitrogens with zero attached hydrogens (tertiary/aromatic N) is 2. The van der Waals surface area contributed by atoms with Crippen molar-refractivity contribution in [3.63, 3.8) is 0 Å². The zero-order chi connectivity index (χ0) is 18.7. The van der Waals surface area contributed by atoms with Gasteiger partial charge in [0.15, 0.2) is 11.5 Å². The van der Waals surface area contributed by atoms with E-state index in [1.807, 2.05) is 19.1 Å². The molecule has 0 unspecified atom stereocenters. The van der Waals surface area contributed by atoms with Crippen LogP contribution in [0.25, 0.3) is 11.4 Å². The van der Waals surface area contributed by atoms with Gasteiger partial charge in [-0.25, -0.2) is 0 Å². The first-order valence-corrected chi connectivity index (χ1v) is 8.10. The molecule has 0 atom stereocenters. The van der Waals surface area contributed by atoms with Gasteiger partial charge in [-0.2, -0.15) is 4.98 Å². The van der Waals surface area contributed by atoms with Crippen LogP contribution in [0, 0.1) is 6.92 Å². The van der Waals surface area contributed by atoms with Gasteiger partial charge in [-0.1, -0.05) is 16.8 Å². The predicted molar refractivity (Wildman–Crippen MR) is 98.9 cm³/mol. The normalized spacial score (nSPS) is 10.5. The minimum atomic E-state index is 0.231. The van der Waals surface area contributed by atoms with Crippen molar-refractivity contribution in [2.75, 3.05) is 26.6 Å². The standard InChI is InChI=1S/C18H18ClN3O4/c1-10-7-13(15(24-3)9-12(10)19)20-18-21-17(22-26-18)11-5-6-14(23-2)16(8-11)25-4/h5-9H,1-4H3,(H,20,21,22). The molecule has 0 saturated heterocycles. The number of hydrogen-bond donors (Lipinski definition) is 1. The van der Waals surface area contributed by atoms with Gasteiger partial charge >= 0.3 is 6.01 Å². The van der Waals surface area contributed by atoms with Gasteiger partial charge in [-0.15, -0.1) is 0 Å². The summed E-state index contributed by atoms with van der Waals surface area (Å²) >= 11 is 6.12. The first-order valence-electron chi connectivity index (χ1n) is 7.73. The van der Waals surface area contributed by atoms with Crippen LogP contribution in [0.3, 0.4) is 0 Å². The van der Waals surface area contributed by atoms with Gasteiger partial charge in [0.1, 0.15) is 5.75 Å². The number of halogens is 1. The number of benzene rings is 2. The molecule has 0 aliphatic rings. The molecule has 0 fully saturated rings. The van der Waals surface area contributed by atoms with Crippen LogP contribution in [0.15, 0.2) is 34.9 Å². The Morgan fingerprint density at radius 2 is 1.69 bits per heavy atom. The molecular weight excluding hydrogens is 358 g/mol. The molecule has 7 nitrogen and oxygen atoms in total. The average molecular weight is 376 g/mol. The monoisotopic (exact) mass is 375 g/mol. The van der Waals surface area contributed by atoms with E-state index in [1.165, 1.54) is 0 Å². The second-order valence-corrected chi connectivity index (χ2v) is 5.83. The number of hydrogen-bond acceptors (Lipinski definition) is 7. The van der Waals surface area contributed by atoms with E-state index in [1.54, 1.807) is 39.5 Å². The molecule has 8 heteroatoms. The molecule has 0 bridgehead atoms. The molecule has 2 aromatic carbocycles. The SMILES string of the molecule is COc1cc(Cl)c(C)cc1Nc1nc(-c2ccc(OC)c(OC)c2)no1. The maximum atomic E-state index is 6.12. The Hall–Kier alpha value is -2.93. The summed E-state index contributed by atoms with van der Waals surface area (Å²) in [5.41, 5.74) is 2.31. The van der Waals surface area contributed by atoms with E-state index < -0.39 is 0 Å². The first-order chi connectivity index (χ1) is 12.5. The summed E-state index contributed by atoms with van der Waals surface area (Å²) in [5, 5.41) is 7.66. The maximum Gasteiger partial charge on any atom is 0.326 e. The van der Waals surface area contributed by atoms with Crippen LogP contribution in [0.5, 0.6) is 17.2 Å². The number of aromatic nitrogens is 2. The van der Waals surface area contributed by atoms with E-state index in [9.17, 15) is 0 Å². The van der Waals surface area contributed by atoms with Crippen molar-refractivity contribution in [3.05, 3.63) is 40.9 Å². The minimum Gasteiger partial charge on any atom is -0.495 e. The Bertz CT molecular complexity index is 927. The first kappa shape index (κ1) is 17.9. The molecule has 136 valence electrons. The van der Waals surface area contributed by atoms with Gasteiger partial charge in [-0.3, -0.25) is 0 Å². The molecule has 0 saturated carbocycles. The number of methoxy groups -OCH3 is 3. The van der Waals surface area contributed by atoms with Gasteiger partial charge in [0.25, 0.3) is 0 Å². The molecule has 0 amide bonds. The summed E-state index contributed by atoms with van der Waals surface area (Å²) in [6.45, 7) is 1.90. The Labute approximate surface area is 155 Å². The second kappa shape index (κ2) is 7.53. The summed E-state index contributed by atoms with van der Waals surface area (Å²) in [7, 11) is 4.71. The molecule has 0 aliphatic heterocycles. The van der Waals surface area contributed by atoms with Crippen LogP contribution in [0.2, 0.25) is 5.02 Å². The molecule has 0 aliphatic carbocycles. The second-order valence-electron chi connectivity index (χ2n) is 5.42. The summed E-state index contributed by atoms with van der Waals surface area (Å²) in [6.07, 6.45) is 0. The van der Waals surface area contributed by atoms with Gasteiger partial charge in [0.2, 0.25) is 5.82 Å². The Morgan fingerprint density at radius 1 is 0.962 bits per heavy atom. The summed E-state index contributed by atoms with van der Waals surface area (Å²) < 4.78 is 21.2. The van der Waals surface area contributed by atoms with Crippen molar-refractivity contribution in [1.29, 1.82) is 0 Å². The van der Waals surface area contributed by atoms with Crippen molar-refractivity contribution in [3.8, 4) is 28.6 Å². The van der Waals surface area contributed by atoms with Crippen molar-refractivity contribution >= 4 is 23.3 Å². The molecule has 0 spiro atoms. The number of aryl methyl sites for hydroxylation is 1. The Kier molecular flexibility index (Phi) is 5.18. The number of nitrogens with one attached hydrogen (secondary N) is 1. The van der Waals surface area contributed by atoms with Crippen molar-refractivity contribution in [1.82, 2.24) is 10.1 Å². The highest BCUT2D eigenvalue weighted by Gasteiger charge is 2.14. The number of anilines is 2. The molecule has 1 heterocycles. The topological polar surface area (TPSA) is 78.6 Å². The Balaban J connectivity index is 1.88. The highest BCUT2D eigenvalue weighted by molar-refractivity contribution is 6.31. The van der Waals surface area contributed by atoms with Crippen LogP contribution < -0.4 is 19.5 Å². The lowest BCUT2D eigenvalue weighted by Gasteiger charge is -2.10. The van der Waals surface area contributed by atoms with E-state index in [0.717, 1.165) is 11.1 Å². The molecule has 3 aromatic rings. The lowest BCUT2D eigenvalue weighted by molar-refractivity contribution is 0.355. The van der Waals surface area contributed by atoms with Crippen LogP contribution in [0.1, 0.15) is 5.56 Å². The molecule has 3 rings (SSSR count). The fourth-order valence-electron chi connectivity index (χ4n) is 2.41. The molecule has 0 radical (unpaired) electrons. The van der Waals surface area contributed by atoms with Crippen LogP contribution >= 0.6 is 11.6 Å². The van der Waals surface area contributed by atoms with Gasteiger partial charge < -0.3 is 24.1 Å². The predicted octanol–water partition coefficient (Wildman–Crippen LogP) is 4.47. The van der Waals surface area contributed by atoms with Crippen molar-refractivity contribution in [2.45, 2.75) is 6.92 Å². The molecule has 26 heavy (non-hydrogen) atoms. The largest absolute Gasteiger partial charge is 0.495 e. The van der Waals surface area contributed by atoms with E-state index in [4.69, 9.17) is 30.3 Å². The van der Waals surface area contributed by atoms with Gasteiger partial charge in [0, 0.05) is 16.7 Å². The number of rotatable bonds is 6. The molecule has 1 N–H and O–H groups in total. The fraction of sp³-hybridized carbons (Fsp3) is 0.222. The quantitative estimate of drug-likeness (QED) is 0.681. The highest BCUT2D eigenvalue weighted by atomic mass is 35.5.